The SMILES string of the molecule is Cc1nn(-c2cccnc2)c(C)c1Br. The summed E-state index contributed by atoms with van der Waals surface area (Å²) in [7, 11) is 0. The zero-order valence-electron chi connectivity index (χ0n) is 8.03. The summed E-state index contributed by atoms with van der Waals surface area (Å²) < 4.78 is 2.94. The van der Waals surface area contributed by atoms with Gasteiger partial charge in [0, 0.05) is 6.20 Å². The molecule has 2 aromatic rings. The van der Waals surface area contributed by atoms with E-state index in [2.05, 4.69) is 26.0 Å². The molecule has 4 heteroatoms. The van der Waals surface area contributed by atoms with Crippen molar-refractivity contribution in [3.63, 3.8) is 0 Å². The van der Waals surface area contributed by atoms with Crippen molar-refractivity contribution >= 4 is 15.9 Å². The molecule has 2 aromatic heterocycles. The monoisotopic (exact) mass is 251 g/mol. The summed E-state index contributed by atoms with van der Waals surface area (Å²) in [4.78, 5) is 4.06. The van der Waals surface area contributed by atoms with Crippen molar-refractivity contribution in [1.29, 1.82) is 0 Å². The summed E-state index contributed by atoms with van der Waals surface area (Å²) in [5.74, 6) is 0. The lowest BCUT2D eigenvalue weighted by molar-refractivity contribution is 0.828. The first kappa shape index (κ1) is 9.40. The van der Waals surface area contributed by atoms with Gasteiger partial charge in [-0.05, 0) is 41.9 Å². The Hall–Kier alpha value is -1.16. The summed E-state index contributed by atoms with van der Waals surface area (Å²) in [6.07, 6.45) is 3.55. The average Bonchev–Trinajstić information content (AvgIpc) is 2.47. The summed E-state index contributed by atoms with van der Waals surface area (Å²) in [5, 5.41) is 4.41. The standard InChI is InChI=1S/C10H10BrN3/c1-7-10(11)8(2)14(13-7)9-4-3-5-12-6-9/h3-6H,1-2H3. The normalized spacial score (nSPS) is 10.5. The minimum Gasteiger partial charge on any atom is -0.262 e. The molecule has 0 saturated heterocycles. The van der Waals surface area contributed by atoms with Crippen molar-refractivity contribution in [3.05, 3.63) is 40.4 Å². The molecular weight excluding hydrogens is 242 g/mol. The average molecular weight is 252 g/mol. The molecule has 0 fully saturated rings. The molecule has 0 saturated carbocycles. The van der Waals surface area contributed by atoms with E-state index in [1.54, 1.807) is 12.4 Å². The molecule has 0 aliphatic carbocycles. The number of pyridine rings is 1. The van der Waals surface area contributed by atoms with Crippen LogP contribution in [0, 0.1) is 13.8 Å². The second kappa shape index (κ2) is 3.53. The molecule has 0 N–H and O–H groups in total. The van der Waals surface area contributed by atoms with Crippen LogP contribution in [-0.4, -0.2) is 14.8 Å². The van der Waals surface area contributed by atoms with Crippen LogP contribution >= 0.6 is 15.9 Å². The minimum atomic E-state index is 0.985. The van der Waals surface area contributed by atoms with Crippen molar-refractivity contribution in [2.75, 3.05) is 0 Å². The second-order valence-corrected chi connectivity index (χ2v) is 3.90. The van der Waals surface area contributed by atoms with Crippen LogP contribution in [0.4, 0.5) is 0 Å². The highest BCUT2D eigenvalue weighted by Crippen LogP contribution is 2.22. The van der Waals surface area contributed by atoms with E-state index in [0.29, 0.717) is 0 Å². The van der Waals surface area contributed by atoms with Gasteiger partial charge < -0.3 is 0 Å². The molecule has 0 spiro atoms. The van der Waals surface area contributed by atoms with Crippen molar-refractivity contribution in [3.8, 4) is 5.69 Å². The summed E-state index contributed by atoms with van der Waals surface area (Å²) in [6.45, 7) is 4.00. The topological polar surface area (TPSA) is 30.7 Å². The lowest BCUT2D eigenvalue weighted by Crippen LogP contribution is -1.98. The lowest BCUT2D eigenvalue weighted by atomic mass is 10.4. The zero-order valence-corrected chi connectivity index (χ0v) is 9.62. The molecule has 0 atom stereocenters. The van der Waals surface area contributed by atoms with Crippen LogP contribution in [0.1, 0.15) is 11.4 Å². The van der Waals surface area contributed by atoms with Gasteiger partial charge in [0.1, 0.15) is 0 Å². The van der Waals surface area contributed by atoms with Gasteiger partial charge in [-0.1, -0.05) is 0 Å². The van der Waals surface area contributed by atoms with Crippen LogP contribution in [-0.2, 0) is 0 Å². The highest BCUT2D eigenvalue weighted by Gasteiger charge is 2.09. The van der Waals surface area contributed by atoms with E-state index in [4.69, 9.17) is 0 Å². The van der Waals surface area contributed by atoms with Crippen molar-refractivity contribution in [1.82, 2.24) is 14.8 Å². The van der Waals surface area contributed by atoms with E-state index in [1.807, 2.05) is 30.7 Å². The fraction of sp³-hybridized carbons (Fsp3) is 0.200. The summed E-state index contributed by atoms with van der Waals surface area (Å²) in [5.41, 5.74) is 3.07. The molecule has 14 heavy (non-hydrogen) atoms. The van der Waals surface area contributed by atoms with E-state index in [9.17, 15) is 0 Å². The quantitative estimate of drug-likeness (QED) is 0.781. The van der Waals surface area contributed by atoms with Gasteiger partial charge in [-0.25, -0.2) is 4.68 Å². The number of hydrogen-bond donors (Lipinski definition) is 0. The molecule has 0 aromatic carbocycles. The Balaban J connectivity index is 2.58. The first-order valence-corrected chi connectivity index (χ1v) is 5.11. The Morgan fingerprint density at radius 3 is 2.64 bits per heavy atom. The molecule has 3 nitrogen and oxygen atoms in total. The molecule has 0 radical (unpaired) electrons. The third-order valence-electron chi connectivity index (χ3n) is 2.09. The molecule has 0 unspecified atom stereocenters. The van der Waals surface area contributed by atoms with E-state index < -0.39 is 0 Å². The number of halogens is 1. The zero-order chi connectivity index (χ0) is 10.1. The molecular formula is C10H10BrN3. The number of aryl methyl sites for hydroxylation is 1. The third kappa shape index (κ3) is 1.46. The van der Waals surface area contributed by atoms with Crippen LogP contribution < -0.4 is 0 Å². The molecule has 2 heterocycles. The lowest BCUT2D eigenvalue weighted by Gasteiger charge is -2.02. The third-order valence-corrected chi connectivity index (χ3v) is 3.24. The minimum absolute atomic E-state index is 0.985. The number of hydrogen-bond acceptors (Lipinski definition) is 2. The fourth-order valence-electron chi connectivity index (χ4n) is 1.35. The van der Waals surface area contributed by atoms with Crippen molar-refractivity contribution in [2.24, 2.45) is 0 Å². The van der Waals surface area contributed by atoms with Crippen LogP contribution in [0.3, 0.4) is 0 Å². The summed E-state index contributed by atoms with van der Waals surface area (Å²) in [6, 6.07) is 3.89. The number of aromatic nitrogens is 3. The Morgan fingerprint density at radius 2 is 2.14 bits per heavy atom. The Labute approximate surface area is 90.9 Å². The van der Waals surface area contributed by atoms with Gasteiger partial charge in [0.2, 0.25) is 0 Å². The van der Waals surface area contributed by atoms with Gasteiger partial charge in [0.25, 0.3) is 0 Å². The maximum absolute atomic E-state index is 4.41. The fourth-order valence-corrected chi connectivity index (χ4v) is 1.60. The van der Waals surface area contributed by atoms with Crippen LogP contribution in [0.15, 0.2) is 29.0 Å². The van der Waals surface area contributed by atoms with Gasteiger partial charge in [-0.2, -0.15) is 5.10 Å². The second-order valence-electron chi connectivity index (χ2n) is 3.11. The molecule has 72 valence electrons. The van der Waals surface area contributed by atoms with Gasteiger partial charge >= 0.3 is 0 Å². The largest absolute Gasteiger partial charge is 0.262 e. The van der Waals surface area contributed by atoms with E-state index in [-0.39, 0.29) is 0 Å². The maximum Gasteiger partial charge on any atom is 0.0832 e. The highest BCUT2D eigenvalue weighted by atomic mass is 79.9. The van der Waals surface area contributed by atoms with Crippen molar-refractivity contribution in [2.45, 2.75) is 13.8 Å². The van der Waals surface area contributed by atoms with Gasteiger partial charge in [0.05, 0.1) is 27.7 Å². The van der Waals surface area contributed by atoms with Gasteiger partial charge in [-0.3, -0.25) is 4.98 Å². The number of nitrogens with zero attached hydrogens (tertiary/aromatic N) is 3. The Morgan fingerprint density at radius 1 is 1.36 bits per heavy atom. The van der Waals surface area contributed by atoms with Gasteiger partial charge in [0.15, 0.2) is 0 Å². The predicted molar refractivity (Wildman–Crippen MR) is 58.5 cm³/mol. The van der Waals surface area contributed by atoms with E-state index >= 15 is 0 Å². The number of rotatable bonds is 1. The highest BCUT2D eigenvalue weighted by molar-refractivity contribution is 9.10. The molecule has 2 rings (SSSR count). The first-order chi connectivity index (χ1) is 6.70. The predicted octanol–water partition coefficient (Wildman–Crippen LogP) is 2.65. The van der Waals surface area contributed by atoms with E-state index in [1.165, 1.54) is 0 Å². The molecule has 0 aliphatic heterocycles. The smallest absolute Gasteiger partial charge is 0.0832 e. The van der Waals surface area contributed by atoms with Crippen LogP contribution in [0.5, 0.6) is 0 Å². The van der Waals surface area contributed by atoms with Crippen LogP contribution in [0.25, 0.3) is 5.69 Å². The van der Waals surface area contributed by atoms with Crippen LogP contribution in [0.2, 0.25) is 0 Å². The maximum atomic E-state index is 4.41. The molecule has 0 amide bonds. The van der Waals surface area contributed by atoms with E-state index in [0.717, 1.165) is 21.5 Å². The molecule has 0 aliphatic rings. The van der Waals surface area contributed by atoms with Gasteiger partial charge in [-0.15, -0.1) is 0 Å². The van der Waals surface area contributed by atoms with Crippen molar-refractivity contribution < 1.29 is 0 Å². The first-order valence-electron chi connectivity index (χ1n) is 4.32. The Bertz CT molecular complexity index is 448. The molecule has 0 bridgehead atoms. The summed E-state index contributed by atoms with van der Waals surface area (Å²) >= 11 is 3.49. The Kier molecular flexibility index (Phi) is 2.37.